The highest BCUT2D eigenvalue weighted by Crippen LogP contribution is 2.26. The number of fused-ring (bicyclic) bond motifs is 1. The molecule has 1 aromatic carbocycles. The summed E-state index contributed by atoms with van der Waals surface area (Å²) < 4.78 is 2.12. The van der Waals surface area contributed by atoms with E-state index in [2.05, 4.69) is 30.8 Å². The minimum absolute atomic E-state index is 0.868. The molecule has 0 radical (unpaired) electrons. The third kappa shape index (κ3) is 1.27. The number of nitrogens with two attached hydrogens (primary N) is 1. The number of para-hydroxylation sites is 1. The third-order valence-corrected chi connectivity index (χ3v) is 2.63. The predicted molar refractivity (Wildman–Crippen MR) is 61.3 cm³/mol. The molecule has 2 heteroatoms. The van der Waals surface area contributed by atoms with E-state index in [-0.39, 0.29) is 0 Å². The van der Waals surface area contributed by atoms with Crippen LogP contribution in [0.1, 0.15) is 18.9 Å². The number of benzene rings is 1. The van der Waals surface area contributed by atoms with Crippen LogP contribution in [0.2, 0.25) is 0 Å². The normalized spacial score (nSPS) is 11.0. The minimum atomic E-state index is 0.868. The maximum Gasteiger partial charge on any atom is 0.0714 e. The van der Waals surface area contributed by atoms with Gasteiger partial charge in [-0.1, -0.05) is 25.5 Å². The number of nitrogen functional groups attached to an aromatic ring is 1. The summed E-state index contributed by atoms with van der Waals surface area (Å²) in [4.78, 5) is 0. The molecule has 0 unspecified atom stereocenters. The van der Waals surface area contributed by atoms with Crippen molar-refractivity contribution in [2.24, 2.45) is 7.05 Å². The lowest BCUT2D eigenvalue weighted by Crippen LogP contribution is -1.91. The number of aromatic nitrogens is 1. The van der Waals surface area contributed by atoms with Crippen LogP contribution in [0.3, 0.4) is 0 Å². The Labute approximate surface area is 84.3 Å². The van der Waals surface area contributed by atoms with Gasteiger partial charge in [0.15, 0.2) is 0 Å². The summed E-state index contributed by atoms with van der Waals surface area (Å²) in [5, 5.41) is 1.30. The number of aryl methyl sites for hydroxylation is 2. The second-order valence-corrected chi connectivity index (χ2v) is 3.76. The molecule has 1 heterocycles. The fourth-order valence-electron chi connectivity index (χ4n) is 2.05. The highest BCUT2D eigenvalue weighted by atomic mass is 14.9. The summed E-state index contributed by atoms with van der Waals surface area (Å²) in [5.41, 5.74) is 9.38. The van der Waals surface area contributed by atoms with Crippen molar-refractivity contribution in [1.82, 2.24) is 4.57 Å². The number of nitrogens with zero attached hydrogens (tertiary/aromatic N) is 1. The van der Waals surface area contributed by atoms with Crippen LogP contribution in [0.25, 0.3) is 10.9 Å². The molecule has 0 saturated heterocycles. The Morgan fingerprint density at radius 2 is 2.14 bits per heavy atom. The zero-order valence-corrected chi connectivity index (χ0v) is 8.75. The SMILES string of the molecule is CCCc1cn(C)c2c(N)cccc12. The van der Waals surface area contributed by atoms with Crippen molar-refractivity contribution in [1.29, 1.82) is 0 Å². The number of rotatable bonds is 2. The van der Waals surface area contributed by atoms with Gasteiger partial charge in [0.25, 0.3) is 0 Å². The molecular weight excluding hydrogens is 172 g/mol. The van der Waals surface area contributed by atoms with Crippen LogP contribution in [0.5, 0.6) is 0 Å². The Balaban J connectivity index is 2.71. The van der Waals surface area contributed by atoms with Gasteiger partial charge in [-0.2, -0.15) is 0 Å². The Morgan fingerprint density at radius 3 is 2.86 bits per heavy atom. The molecule has 1 aromatic heterocycles. The van der Waals surface area contributed by atoms with E-state index in [0.717, 1.165) is 17.6 Å². The Hall–Kier alpha value is -1.44. The molecule has 2 nitrogen and oxygen atoms in total. The third-order valence-electron chi connectivity index (χ3n) is 2.63. The molecule has 0 atom stereocenters. The lowest BCUT2D eigenvalue weighted by atomic mass is 10.1. The largest absolute Gasteiger partial charge is 0.397 e. The summed E-state index contributed by atoms with van der Waals surface area (Å²) >= 11 is 0. The molecule has 0 spiro atoms. The molecule has 2 aromatic rings. The van der Waals surface area contributed by atoms with Crippen molar-refractivity contribution < 1.29 is 0 Å². The van der Waals surface area contributed by atoms with E-state index in [0.29, 0.717) is 0 Å². The molecule has 2 rings (SSSR count). The Bertz CT molecular complexity index is 455. The van der Waals surface area contributed by atoms with Gasteiger partial charge in [0.1, 0.15) is 0 Å². The van der Waals surface area contributed by atoms with Crippen molar-refractivity contribution in [2.45, 2.75) is 19.8 Å². The molecule has 14 heavy (non-hydrogen) atoms. The van der Waals surface area contributed by atoms with E-state index < -0.39 is 0 Å². The van der Waals surface area contributed by atoms with E-state index in [1.807, 2.05) is 12.1 Å². The van der Waals surface area contributed by atoms with Gasteiger partial charge < -0.3 is 10.3 Å². The van der Waals surface area contributed by atoms with Crippen LogP contribution in [-0.2, 0) is 13.5 Å². The van der Waals surface area contributed by atoms with Gasteiger partial charge >= 0.3 is 0 Å². The second kappa shape index (κ2) is 3.37. The van der Waals surface area contributed by atoms with Crippen LogP contribution in [0.4, 0.5) is 5.69 Å². The van der Waals surface area contributed by atoms with Gasteiger partial charge in [-0.25, -0.2) is 0 Å². The topological polar surface area (TPSA) is 30.9 Å². The van der Waals surface area contributed by atoms with Gasteiger partial charge in [0, 0.05) is 18.6 Å². The summed E-state index contributed by atoms with van der Waals surface area (Å²) in [7, 11) is 2.05. The second-order valence-electron chi connectivity index (χ2n) is 3.76. The van der Waals surface area contributed by atoms with Crippen molar-refractivity contribution >= 4 is 16.6 Å². The first-order valence-corrected chi connectivity index (χ1v) is 5.06. The van der Waals surface area contributed by atoms with Crippen molar-refractivity contribution in [2.75, 3.05) is 5.73 Å². The lowest BCUT2D eigenvalue weighted by Gasteiger charge is -1.99. The lowest BCUT2D eigenvalue weighted by molar-refractivity contribution is 0.903. The monoisotopic (exact) mass is 188 g/mol. The average Bonchev–Trinajstić information content (AvgIpc) is 2.46. The molecular formula is C12H16N2. The van der Waals surface area contributed by atoms with E-state index in [9.17, 15) is 0 Å². The first kappa shape index (κ1) is 9.13. The van der Waals surface area contributed by atoms with Gasteiger partial charge in [0.05, 0.1) is 11.2 Å². The zero-order chi connectivity index (χ0) is 10.1. The molecule has 0 amide bonds. The molecule has 0 saturated carbocycles. The number of hydrogen-bond acceptors (Lipinski definition) is 1. The molecule has 0 bridgehead atoms. The maximum absolute atomic E-state index is 5.95. The fourth-order valence-corrected chi connectivity index (χ4v) is 2.05. The van der Waals surface area contributed by atoms with E-state index in [4.69, 9.17) is 5.73 Å². The van der Waals surface area contributed by atoms with E-state index in [1.54, 1.807) is 0 Å². The molecule has 0 aliphatic rings. The standard InChI is InChI=1S/C12H16N2/c1-3-5-9-8-14(2)12-10(9)6-4-7-11(12)13/h4,6-8H,3,5,13H2,1-2H3. The van der Waals surface area contributed by atoms with Crippen LogP contribution >= 0.6 is 0 Å². The Kier molecular flexibility index (Phi) is 2.20. The maximum atomic E-state index is 5.95. The van der Waals surface area contributed by atoms with Gasteiger partial charge in [-0.05, 0) is 18.1 Å². The van der Waals surface area contributed by atoms with Crippen LogP contribution in [-0.4, -0.2) is 4.57 Å². The summed E-state index contributed by atoms with van der Waals surface area (Å²) in [6, 6.07) is 6.13. The van der Waals surface area contributed by atoms with E-state index >= 15 is 0 Å². The van der Waals surface area contributed by atoms with Crippen LogP contribution in [0, 0.1) is 0 Å². The van der Waals surface area contributed by atoms with Crippen molar-refractivity contribution in [3.05, 3.63) is 30.0 Å². The van der Waals surface area contributed by atoms with Crippen LogP contribution in [0.15, 0.2) is 24.4 Å². The first-order valence-electron chi connectivity index (χ1n) is 5.06. The highest BCUT2D eigenvalue weighted by molar-refractivity contribution is 5.93. The number of hydrogen-bond donors (Lipinski definition) is 1. The summed E-state index contributed by atoms with van der Waals surface area (Å²) in [5.74, 6) is 0. The number of anilines is 1. The van der Waals surface area contributed by atoms with Gasteiger partial charge in [-0.15, -0.1) is 0 Å². The molecule has 0 aliphatic heterocycles. The molecule has 74 valence electrons. The highest BCUT2D eigenvalue weighted by Gasteiger charge is 2.07. The fraction of sp³-hybridized carbons (Fsp3) is 0.333. The first-order chi connectivity index (χ1) is 6.74. The molecule has 0 fully saturated rings. The van der Waals surface area contributed by atoms with E-state index in [1.165, 1.54) is 17.4 Å². The van der Waals surface area contributed by atoms with Crippen molar-refractivity contribution in [3.63, 3.8) is 0 Å². The van der Waals surface area contributed by atoms with Gasteiger partial charge in [0.2, 0.25) is 0 Å². The molecule has 0 aliphatic carbocycles. The minimum Gasteiger partial charge on any atom is -0.397 e. The van der Waals surface area contributed by atoms with Crippen molar-refractivity contribution in [3.8, 4) is 0 Å². The summed E-state index contributed by atoms with van der Waals surface area (Å²) in [6.07, 6.45) is 4.49. The predicted octanol–water partition coefficient (Wildman–Crippen LogP) is 2.71. The average molecular weight is 188 g/mol. The summed E-state index contributed by atoms with van der Waals surface area (Å²) in [6.45, 7) is 2.20. The van der Waals surface area contributed by atoms with Crippen LogP contribution < -0.4 is 5.73 Å². The molecule has 2 N–H and O–H groups in total. The quantitative estimate of drug-likeness (QED) is 0.722. The Morgan fingerprint density at radius 1 is 1.36 bits per heavy atom. The smallest absolute Gasteiger partial charge is 0.0714 e. The van der Waals surface area contributed by atoms with Gasteiger partial charge in [-0.3, -0.25) is 0 Å². The zero-order valence-electron chi connectivity index (χ0n) is 8.75.